The molecule has 0 aliphatic carbocycles. The number of amides is 1. The molecule has 1 amide bonds. The molecule has 0 unspecified atom stereocenters. The average Bonchev–Trinajstić information content (AvgIpc) is 3.05. The lowest BCUT2D eigenvalue weighted by Crippen LogP contribution is -2.67. The van der Waals surface area contributed by atoms with Gasteiger partial charge in [-0.15, -0.1) is 0 Å². The highest BCUT2D eigenvalue weighted by Crippen LogP contribution is 2.35. The molecule has 1 spiro atoms. The van der Waals surface area contributed by atoms with Gasteiger partial charge in [-0.1, -0.05) is 0 Å². The zero-order valence-electron chi connectivity index (χ0n) is 14.2. The molecular formula is C18H21N3O4. The third-order valence-corrected chi connectivity index (χ3v) is 4.68. The van der Waals surface area contributed by atoms with Gasteiger partial charge < -0.3 is 18.8 Å². The monoisotopic (exact) mass is 343 g/mol. The maximum Gasteiger partial charge on any atom is 0.232 e. The van der Waals surface area contributed by atoms with Crippen LogP contribution >= 0.6 is 0 Å². The summed E-state index contributed by atoms with van der Waals surface area (Å²) < 4.78 is 17.2. The van der Waals surface area contributed by atoms with Crippen molar-refractivity contribution in [3.05, 3.63) is 42.2 Å². The van der Waals surface area contributed by atoms with Gasteiger partial charge in [-0.2, -0.15) is 0 Å². The number of nitrogens with zero attached hydrogens (tertiary/aromatic N) is 3. The Morgan fingerprint density at radius 2 is 2.32 bits per heavy atom. The van der Waals surface area contributed by atoms with Crippen LogP contribution in [0.3, 0.4) is 0 Å². The molecule has 0 aromatic carbocycles. The van der Waals surface area contributed by atoms with E-state index in [1.807, 2.05) is 17.9 Å². The van der Waals surface area contributed by atoms with Crippen molar-refractivity contribution in [1.82, 2.24) is 14.9 Å². The summed E-state index contributed by atoms with van der Waals surface area (Å²) in [5.74, 6) is 1.30. The summed E-state index contributed by atoms with van der Waals surface area (Å²) in [5, 5.41) is 0. The van der Waals surface area contributed by atoms with Gasteiger partial charge in [0.05, 0.1) is 44.3 Å². The van der Waals surface area contributed by atoms with Crippen molar-refractivity contribution in [3.8, 4) is 5.88 Å². The van der Waals surface area contributed by atoms with Crippen LogP contribution in [0, 0.1) is 6.92 Å². The van der Waals surface area contributed by atoms with Crippen LogP contribution in [0.15, 0.2) is 35.2 Å². The standard InChI is InChI=1S/C18H21N3O4/c1-13-9-19-10-16(20-13)25-15-4-6-24-18(8-15)11-21(12-18)17(22)7-14-3-2-5-23-14/h2-3,5,9-10,15H,4,6-8,11-12H2,1H3/t15-/m0/s1. The molecule has 7 nitrogen and oxygen atoms in total. The number of furan rings is 1. The van der Waals surface area contributed by atoms with Gasteiger partial charge in [0.2, 0.25) is 11.8 Å². The highest BCUT2D eigenvalue weighted by molar-refractivity contribution is 5.79. The number of hydrogen-bond donors (Lipinski definition) is 0. The van der Waals surface area contributed by atoms with E-state index in [0.717, 1.165) is 18.5 Å². The lowest BCUT2D eigenvalue weighted by atomic mass is 9.84. The van der Waals surface area contributed by atoms with Gasteiger partial charge in [0.1, 0.15) is 17.5 Å². The first kappa shape index (κ1) is 16.1. The maximum atomic E-state index is 12.3. The van der Waals surface area contributed by atoms with E-state index in [4.69, 9.17) is 13.9 Å². The van der Waals surface area contributed by atoms with Crippen molar-refractivity contribution in [2.24, 2.45) is 0 Å². The lowest BCUT2D eigenvalue weighted by molar-refractivity contribution is -0.193. The van der Waals surface area contributed by atoms with Crippen LogP contribution in [0.1, 0.15) is 24.3 Å². The highest BCUT2D eigenvalue weighted by Gasteiger charge is 2.49. The third-order valence-electron chi connectivity index (χ3n) is 4.68. The molecule has 2 fully saturated rings. The van der Waals surface area contributed by atoms with Crippen LogP contribution in [-0.2, 0) is 16.0 Å². The predicted molar refractivity (Wildman–Crippen MR) is 88.1 cm³/mol. The molecule has 2 aromatic rings. The fraction of sp³-hybridized carbons (Fsp3) is 0.500. The number of carbonyl (C=O) groups excluding carboxylic acids is 1. The minimum atomic E-state index is -0.293. The Bertz CT molecular complexity index is 741. The molecular weight excluding hydrogens is 322 g/mol. The van der Waals surface area contributed by atoms with Crippen molar-refractivity contribution in [1.29, 1.82) is 0 Å². The number of hydrogen-bond acceptors (Lipinski definition) is 6. The summed E-state index contributed by atoms with van der Waals surface area (Å²) in [5.41, 5.74) is 0.538. The summed E-state index contributed by atoms with van der Waals surface area (Å²) in [6, 6.07) is 3.61. The second-order valence-electron chi connectivity index (χ2n) is 6.77. The molecule has 2 aliphatic rings. The number of rotatable bonds is 4. The number of carbonyl (C=O) groups is 1. The molecule has 4 heterocycles. The van der Waals surface area contributed by atoms with Gasteiger partial charge >= 0.3 is 0 Å². The van der Waals surface area contributed by atoms with Crippen LogP contribution in [0.5, 0.6) is 5.88 Å². The SMILES string of the molecule is Cc1cncc(O[C@H]2CCOC3(C2)CN(C(=O)Cc2ccco2)C3)n1. The summed E-state index contributed by atoms with van der Waals surface area (Å²) in [4.78, 5) is 22.6. The van der Waals surface area contributed by atoms with Crippen LogP contribution in [0.4, 0.5) is 0 Å². The van der Waals surface area contributed by atoms with Crippen molar-refractivity contribution < 1.29 is 18.7 Å². The zero-order valence-corrected chi connectivity index (χ0v) is 14.2. The minimum Gasteiger partial charge on any atom is -0.473 e. The van der Waals surface area contributed by atoms with Crippen LogP contribution in [0.2, 0.25) is 0 Å². The van der Waals surface area contributed by atoms with E-state index in [2.05, 4.69) is 9.97 Å². The molecule has 7 heteroatoms. The van der Waals surface area contributed by atoms with Crippen LogP contribution in [0.25, 0.3) is 0 Å². The van der Waals surface area contributed by atoms with Crippen LogP contribution in [-0.4, -0.2) is 52.2 Å². The molecule has 0 radical (unpaired) electrons. The summed E-state index contributed by atoms with van der Waals surface area (Å²) in [6.07, 6.45) is 6.82. The molecule has 4 rings (SSSR count). The van der Waals surface area contributed by atoms with Crippen molar-refractivity contribution in [2.75, 3.05) is 19.7 Å². The number of ether oxygens (including phenoxy) is 2. The fourth-order valence-corrected chi connectivity index (χ4v) is 3.47. The Balaban J connectivity index is 1.32. The smallest absolute Gasteiger partial charge is 0.232 e. The van der Waals surface area contributed by atoms with Gasteiger partial charge in [0, 0.05) is 19.0 Å². The van der Waals surface area contributed by atoms with E-state index < -0.39 is 0 Å². The Kier molecular flexibility index (Phi) is 4.17. The molecule has 1 atom stereocenters. The van der Waals surface area contributed by atoms with Crippen molar-refractivity contribution in [3.63, 3.8) is 0 Å². The maximum absolute atomic E-state index is 12.3. The Morgan fingerprint density at radius 1 is 1.44 bits per heavy atom. The fourth-order valence-electron chi connectivity index (χ4n) is 3.47. The van der Waals surface area contributed by atoms with Gasteiger partial charge in [0.15, 0.2) is 0 Å². The first-order chi connectivity index (χ1) is 12.1. The third kappa shape index (κ3) is 3.51. The van der Waals surface area contributed by atoms with E-state index in [1.165, 1.54) is 0 Å². The first-order valence-corrected chi connectivity index (χ1v) is 8.51. The Hall–Kier alpha value is -2.41. The first-order valence-electron chi connectivity index (χ1n) is 8.51. The van der Waals surface area contributed by atoms with Crippen molar-refractivity contribution >= 4 is 5.91 Å². The summed E-state index contributed by atoms with van der Waals surface area (Å²) in [7, 11) is 0. The predicted octanol–water partition coefficient (Wildman–Crippen LogP) is 1.76. The van der Waals surface area contributed by atoms with Crippen molar-refractivity contribution in [2.45, 2.75) is 37.9 Å². The molecule has 2 saturated heterocycles. The van der Waals surface area contributed by atoms with Gasteiger partial charge in [-0.25, -0.2) is 4.98 Å². The molecule has 0 saturated carbocycles. The minimum absolute atomic E-state index is 0.0344. The topological polar surface area (TPSA) is 77.7 Å². The number of likely N-dealkylation sites (tertiary alicyclic amines) is 1. The van der Waals surface area contributed by atoms with Crippen LogP contribution < -0.4 is 4.74 Å². The molecule has 0 N–H and O–H groups in total. The largest absolute Gasteiger partial charge is 0.473 e. The highest BCUT2D eigenvalue weighted by atomic mass is 16.5. The Morgan fingerprint density at radius 3 is 3.08 bits per heavy atom. The summed E-state index contributed by atoms with van der Waals surface area (Å²) >= 11 is 0. The van der Waals surface area contributed by atoms with E-state index >= 15 is 0 Å². The molecule has 25 heavy (non-hydrogen) atoms. The number of aryl methyl sites for hydroxylation is 1. The van der Waals surface area contributed by atoms with E-state index in [0.29, 0.717) is 37.8 Å². The van der Waals surface area contributed by atoms with Gasteiger partial charge in [0.25, 0.3) is 0 Å². The molecule has 2 aliphatic heterocycles. The van der Waals surface area contributed by atoms with Gasteiger partial charge in [-0.3, -0.25) is 9.78 Å². The molecule has 2 aromatic heterocycles. The normalized spacial score (nSPS) is 21.8. The van der Waals surface area contributed by atoms with E-state index in [1.54, 1.807) is 24.7 Å². The second-order valence-corrected chi connectivity index (χ2v) is 6.77. The average molecular weight is 343 g/mol. The van der Waals surface area contributed by atoms with E-state index in [9.17, 15) is 4.79 Å². The Labute approximate surface area is 146 Å². The second kappa shape index (κ2) is 6.48. The van der Waals surface area contributed by atoms with Gasteiger partial charge in [-0.05, 0) is 19.1 Å². The number of aromatic nitrogens is 2. The summed E-state index contributed by atoms with van der Waals surface area (Å²) in [6.45, 7) is 3.72. The zero-order chi connectivity index (χ0) is 17.3. The van der Waals surface area contributed by atoms with E-state index in [-0.39, 0.29) is 17.6 Å². The lowest BCUT2D eigenvalue weighted by Gasteiger charge is -2.52. The molecule has 0 bridgehead atoms. The quantitative estimate of drug-likeness (QED) is 0.842. The molecule has 132 valence electrons.